The van der Waals surface area contributed by atoms with Crippen LogP contribution in [-0.4, -0.2) is 39.3 Å². The third-order valence-electron chi connectivity index (χ3n) is 5.32. The number of rotatable bonds is 3. The van der Waals surface area contributed by atoms with Gasteiger partial charge in [0.15, 0.2) is 5.78 Å². The fourth-order valence-corrected chi connectivity index (χ4v) is 5.50. The summed E-state index contributed by atoms with van der Waals surface area (Å²) in [5.74, 6) is 0.147. The number of carbonyl (C=O) groups is 1. The molecule has 0 aliphatic carbocycles. The third-order valence-corrected chi connectivity index (χ3v) is 7.07. The van der Waals surface area contributed by atoms with E-state index in [0.29, 0.717) is 6.42 Å². The molecule has 0 spiro atoms. The predicted molar refractivity (Wildman–Crippen MR) is 101 cm³/mol. The minimum absolute atomic E-state index is 0.0278. The topological polar surface area (TPSA) is 37.4 Å². The van der Waals surface area contributed by atoms with Crippen LogP contribution >= 0.6 is 0 Å². The number of nitrogens with zero attached hydrogens (tertiary/aromatic N) is 1. The molecule has 2 aliphatic heterocycles. The summed E-state index contributed by atoms with van der Waals surface area (Å²) in [6.07, 6.45) is 2.67. The molecule has 2 aromatic rings. The summed E-state index contributed by atoms with van der Waals surface area (Å²) in [5.41, 5.74) is 2.89. The largest absolute Gasteiger partial charge is 0.292 e. The van der Waals surface area contributed by atoms with Gasteiger partial charge < -0.3 is 0 Å². The molecular formula is C21H21NO2S. The second-order valence-electron chi connectivity index (χ2n) is 6.87. The summed E-state index contributed by atoms with van der Waals surface area (Å²) in [6, 6.07) is 17.5. The number of fused-ring (bicyclic) bond motifs is 2. The van der Waals surface area contributed by atoms with E-state index in [1.807, 2.05) is 74.6 Å². The predicted octanol–water partition coefficient (Wildman–Crippen LogP) is 3.21. The highest BCUT2D eigenvalue weighted by molar-refractivity contribution is 7.85. The molecule has 1 fully saturated rings. The fourth-order valence-electron chi connectivity index (χ4n) is 3.86. The Balaban J connectivity index is 1.69. The SMILES string of the molecule is Cc1ccc(S(=O)[C@@H]2C[C@H]3C(=O)C(c4ccccc4)=C[C@@H]2N3C)cc1. The number of ketones is 1. The lowest BCUT2D eigenvalue weighted by Crippen LogP contribution is -2.42. The molecule has 3 nitrogen and oxygen atoms in total. The highest BCUT2D eigenvalue weighted by atomic mass is 32.2. The minimum Gasteiger partial charge on any atom is -0.292 e. The summed E-state index contributed by atoms with van der Waals surface area (Å²) in [5, 5.41) is -0.0529. The smallest absolute Gasteiger partial charge is 0.180 e. The van der Waals surface area contributed by atoms with Crippen LogP contribution in [0.2, 0.25) is 0 Å². The summed E-state index contributed by atoms with van der Waals surface area (Å²) in [6.45, 7) is 2.02. The van der Waals surface area contributed by atoms with Gasteiger partial charge in [0.2, 0.25) is 0 Å². The van der Waals surface area contributed by atoms with E-state index in [-0.39, 0.29) is 23.1 Å². The van der Waals surface area contributed by atoms with Crippen molar-refractivity contribution in [2.24, 2.45) is 0 Å². The monoisotopic (exact) mass is 351 g/mol. The van der Waals surface area contributed by atoms with Gasteiger partial charge in [0.1, 0.15) is 0 Å². The highest BCUT2D eigenvalue weighted by Crippen LogP contribution is 2.38. The average Bonchev–Trinajstić information content (AvgIpc) is 2.86. The Morgan fingerprint density at radius 3 is 2.40 bits per heavy atom. The Labute approximate surface area is 150 Å². The van der Waals surface area contributed by atoms with E-state index < -0.39 is 10.8 Å². The quantitative estimate of drug-likeness (QED) is 0.852. The zero-order chi connectivity index (χ0) is 17.6. The van der Waals surface area contributed by atoms with Crippen LogP contribution in [0.4, 0.5) is 0 Å². The van der Waals surface area contributed by atoms with Crippen molar-refractivity contribution >= 4 is 22.2 Å². The molecule has 0 amide bonds. The molecular weight excluding hydrogens is 330 g/mol. The second kappa shape index (κ2) is 6.36. The van der Waals surface area contributed by atoms with Gasteiger partial charge in [-0.3, -0.25) is 13.9 Å². The number of likely N-dealkylation sites (N-methyl/N-ethyl adjacent to an activating group) is 1. The molecule has 2 aliphatic rings. The van der Waals surface area contributed by atoms with Crippen molar-refractivity contribution in [3.05, 3.63) is 71.8 Å². The maximum atomic E-state index is 13.1. The zero-order valence-electron chi connectivity index (χ0n) is 14.4. The van der Waals surface area contributed by atoms with Crippen LogP contribution in [0.15, 0.2) is 65.6 Å². The lowest BCUT2D eigenvalue weighted by molar-refractivity contribution is -0.118. The number of aryl methyl sites for hydroxylation is 1. The second-order valence-corrected chi connectivity index (χ2v) is 8.54. The van der Waals surface area contributed by atoms with Crippen LogP contribution in [0.5, 0.6) is 0 Å². The lowest BCUT2D eigenvalue weighted by atomic mass is 9.94. The van der Waals surface area contributed by atoms with E-state index in [2.05, 4.69) is 4.90 Å². The van der Waals surface area contributed by atoms with Gasteiger partial charge in [-0.2, -0.15) is 0 Å². The van der Waals surface area contributed by atoms with Gasteiger partial charge in [-0.1, -0.05) is 54.1 Å². The van der Waals surface area contributed by atoms with Crippen LogP contribution in [0, 0.1) is 6.92 Å². The van der Waals surface area contributed by atoms with Crippen molar-refractivity contribution in [2.75, 3.05) is 7.05 Å². The standard InChI is InChI=1S/C21H21NO2S/c1-14-8-10-16(11-9-14)25(24)20-13-19-21(23)17(12-18(20)22(19)2)15-6-4-3-5-7-15/h3-12,18-20H,13H2,1-2H3/t18-,19-,20+,25?/m0/s1. The molecule has 0 radical (unpaired) electrons. The molecule has 0 aromatic heterocycles. The zero-order valence-corrected chi connectivity index (χ0v) is 15.2. The molecule has 0 saturated carbocycles. The molecule has 1 saturated heterocycles. The van der Waals surface area contributed by atoms with Gasteiger partial charge in [0, 0.05) is 16.5 Å². The summed E-state index contributed by atoms with van der Waals surface area (Å²) < 4.78 is 13.1. The van der Waals surface area contributed by atoms with Gasteiger partial charge in [0.05, 0.1) is 22.1 Å². The number of Topliss-reactive ketones (excluding diaryl/α,β-unsaturated/α-hetero) is 1. The van der Waals surface area contributed by atoms with Gasteiger partial charge in [0.25, 0.3) is 0 Å². The Hall–Kier alpha value is -2.04. The van der Waals surface area contributed by atoms with Gasteiger partial charge in [-0.05, 0) is 38.1 Å². The Morgan fingerprint density at radius 2 is 1.72 bits per heavy atom. The van der Waals surface area contributed by atoms with Crippen molar-refractivity contribution in [1.82, 2.24) is 4.90 Å². The first kappa shape index (κ1) is 16.4. The van der Waals surface area contributed by atoms with Crippen molar-refractivity contribution in [1.29, 1.82) is 0 Å². The van der Waals surface area contributed by atoms with E-state index >= 15 is 0 Å². The number of hydrogen-bond donors (Lipinski definition) is 0. The normalized spacial score (nSPS) is 27.2. The van der Waals surface area contributed by atoms with E-state index in [1.54, 1.807) is 0 Å². The summed E-state index contributed by atoms with van der Waals surface area (Å²) in [7, 11) is 0.847. The Kier molecular flexibility index (Phi) is 4.18. The Morgan fingerprint density at radius 1 is 1.04 bits per heavy atom. The fraction of sp³-hybridized carbons (Fsp3) is 0.286. The number of hydrogen-bond acceptors (Lipinski definition) is 3. The van der Waals surface area contributed by atoms with E-state index in [4.69, 9.17) is 0 Å². The summed E-state index contributed by atoms with van der Waals surface area (Å²) in [4.78, 5) is 15.9. The number of carbonyl (C=O) groups excluding carboxylic acids is 1. The van der Waals surface area contributed by atoms with Crippen molar-refractivity contribution in [2.45, 2.75) is 35.6 Å². The molecule has 0 N–H and O–H groups in total. The molecule has 1 unspecified atom stereocenters. The minimum atomic E-state index is -1.12. The Bertz CT molecular complexity index is 857. The molecule has 4 atom stereocenters. The van der Waals surface area contributed by atoms with Gasteiger partial charge >= 0.3 is 0 Å². The molecule has 25 heavy (non-hydrogen) atoms. The molecule has 2 heterocycles. The average molecular weight is 351 g/mol. The van der Waals surface area contributed by atoms with Crippen LogP contribution < -0.4 is 0 Å². The molecule has 128 valence electrons. The van der Waals surface area contributed by atoms with Gasteiger partial charge in [-0.25, -0.2) is 0 Å². The first-order valence-electron chi connectivity index (χ1n) is 8.57. The van der Waals surface area contributed by atoms with Crippen molar-refractivity contribution < 1.29 is 9.00 Å². The van der Waals surface area contributed by atoms with Crippen molar-refractivity contribution in [3.8, 4) is 0 Å². The maximum Gasteiger partial charge on any atom is 0.180 e. The van der Waals surface area contributed by atoms with Crippen LogP contribution in [0.3, 0.4) is 0 Å². The van der Waals surface area contributed by atoms with E-state index in [9.17, 15) is 9.00 Å². The third kappa shape index (κ3) is 2.79. The molecule has 2 bridgehead atoms. The van der Waals surface area contributed by atoms with Crippen LogP contribution in [0.1, 0.15) is 17.5 Å². The molecule has 4 rings (SSSR count). The molecule has 2 aromatic carbocycles. The van der Waals surface area contributed by atoms with Gasteiger partial charge in [-0.15, -0.1) is 0 Å². The van der Waals surface area contributed by atoms with E-state index in [1.165, 1.54) is 0 Å². The first-order valence-corrected chi connectivity index (χ1v) is 9.78. The van der Waals surface area contributed by atoms with Crippen LogP contribution in [-0.2, 0) is 15.6 Å². The summed E-state index contributed by atoms with van der Waals surface area (Å²) >= 11 is 0. The van der Waals surface area contributed by atoms with Crippen LogP contribution in [0.25, 0.3) is 5.57 Å². The number of benzene rings is 2. The highest BCUT2D eigenvalue weighted by Gasteiger charge is 2.48. The molecule has 4 heteroatoms. The van der Waals surface area contributed by atoms with Crippen molar-refractivity contribution in [3.63, 3.8) is 0 Å². The van der Waals surface area contributed by atoms with E-state index in [0.717, 1.165) is 21.6 Å². The first-order chi connectivity index (χ1) is 12.1. The lowest BCUT2D eigenvalue weighted by Gasteiger charge is -2.30. The maximum absolute atomic E-state index is 13.1.